The number of amides is 1. The minimum atomic E-state index is -0.238. The predicted octanol–water partition coefficient (Wildman–Crippen LogP) is 1.01. The largest absolute Gasteiger partial charge is 0.323 e. The molecule has 0 aromatic heterocycles. The summed E-state index contributed by atoms with van der Waals surface area (Å²) < 4.78 is 0. The van der Waals surface area contributed by atoms with Gasteiger partial charge in [-0.15, -0.1) is 0 Å². The van der Waals surface area contributed by atoms with Crippen LogP contribution in [0.25, 0.3) is 0 Å². The maximum atomic E-state index is 11.1. The fourth-order valence-corrected chi connectivity index (χ4v) is 0.824. The first-order valence-electron chi connectivity index (χ1n) is 3.57. The Labute approximate surface area is 70.0 Å². The topological polar surface area (TPSA) is 46.2 Å². The molecule has 0 saturated carbocycles. The number of hydrogen-bond acceptors (Lipinski definition) is 2. The Kier molecular flexibility index (Phi) is 2.58. The van der Waals surface area contributed by atoms with E-state index in [1.165, 1.54) is 13.0 Å². The molecule has 62 valence electrons. The highest BCUT2D eigenvalue weighted by molar-refractivity contribution is 5.88. The highest BCUT2D eigenvalue weighted by atomic mass is 16.2. The molecule has 1 amide bonds. The van der Waals surface area contributed by atoms with Crippen LogP contribution in [0.2, 0.25) is 0 Å². The quantitative estimate of drug-likeness (QED) is 0.671. The third-order valence-electron chi connectivity index (χ3n) is 1.31. The van der Waals surface area contributed by atoms with Gasteiger partial charge >= 0.3 is 0 Å². The fourth-order valence-electron chi connectivity index (χ4n) is 0.824. The van der Waals surface area contributed by atoms with Gasteiger partial charge in [0.15, 0.2) is 0 Å². The smallest absolute Gasteiger partial charge is 0.221 e. The second kappa shape index (κ2) is 3.67. The lowest BCUT2D eigenvalue weighted by atomic mass is 10.4. The minimum Gasteiger partial charge on any atom is -0.323 e. The normalized spacial score (nSPS) is 9.08. The van der Waals surface area contributed by atoms with Crippen LogP contribution in [0.1, 0.15) is 6.92 Å². The van der Waals surface area contributed by atoms with E-state index in [1.54, 1.807) is 24.3 Å². The lowest BCUT2D eigenvalue weighted by Gasteiger charge is -1.94. The molecule has 0 unspecified atom stereocenters. The molecule has 0 bridgehead atoms. The summed E-state index contributed by atoms with van der Waals surface area (Å²) in [5.41, 5.74) is 0.128. The van der Waals surface area contributed by atoms with Crippen molar-refractivity contribution in [1.82, 2.24) is 0 Å². The lowest BCUT2D eigenvalue weighted by Crippen LogP contribution is -2.12. The van der Waals surface area contributed by atoms with Gasteiger partial charge < -0.3 is 5.32 Å². The second-order valence-electron chi connectivity index (χ2n) is 2.37. The zero-order valence-corrected chi connectivity index (χ0v) is 6.70. The molecule has 3 heteroatoms. The van der Waals surface area contributed by atoms with Gasteiger partial charge in [-0.25, -0.2) is 0 Å². The lowest BCUT2D eigenvalue weighted by molar-refractivity contribution is -0.114. The van der Waals surface area contributed by atoms with Crippen molar-refractivity contribution in [3.63, 3.8) is 0 Å². The van der Waals surface area contributed by atoms with Gasteiger partial charge in [0.05, 0.1) is 5.69 Å². The third-order valence-corrected chi connectivity index (χ3v) is 1.31. The highest BCUT2D eigenvalue weighted by Gasteiger charge is 1.96. The van der Waals surface area contributed by atoms with Crippen molar-refractivity contribution < 1.29 is 4.79 Å². The van der Waals surface area contributed by atoms with Gasteiger partial charge in [-0.1, -0.05) is 18.2 Å². The van der Waals surface area contributed by atoms with Crippen molar-refractivity contribution in [3.8, 4) is 0 Å². The monoisotopic (exact) mass is 163 g/mol. The summed E-state index contributed by atoms with van der Waals surface area (Å²) in [6, 6.07) is 8.04. The molecule has 1 N–H and O–H groups in total. The first kappa shape index (κ1) is 8.46. The first-order chi connectivity index (χ1) is 5.70. The molecular weight excluding hydrogens is 154 g/mol. The molecule has 0 spiro atoms. The van der Waals surface area contributed by atoms with Crippen LogP contribution >= 0.6 is 0 Å². The molecule has 1 aromatic carbocycles. The van der Waals surface area contributed by atoms with Gasteiger partial charge in [-0.05, 0) is 12.1 Å². The zero-order chi connectivity index (χ0) is 8.97. The molecule has 0 saturated heterocycles. The molecule has 1 rings (SSSR count). The fraction of sp³-hybridized carbons (Fsp3) is 0.111. The minimum absolute atomic E-state index is 0.185. The van der Waals surface area contributed by atoms with Crippen LogP contribution in [0, 0.1) is 0 Å². The van der Waals surface area contributed by atoms with E-state index in [2.05, 4.69) is 5.32 Å². The van der Waals surface area contributed by atoms with E-state index in [1.807, 2.05) is 0 Å². The van der Waals surface area contributed by atoms with E-state index in [0.717, 1.165) is 0 Å². The Morgan fingerprint density at radius 1 is 1.25 bits per heavy atom. The molecule has 1 aromatic rings. The first-order valence-corrected chi connectivity index (χ1v) is 3.57. The SMILES string of the molecule is CC(=O)Nc1cccccc1=O. The van der Waals surface area contributed by atoms with Crippen molar-refractivity contribution in [3.05, 3.63) is 40.6 Å². The summed E-state index contributed by atoms with van der Waals surface area (Å²) in [6.45, 7) is 1.37. The number of hydrogen-bond donors (Lipinski definition) is 1. The third kappa shape index (κ3) is 2.20. The van der Waals surface area contributed by atoms with E-state index in [4.69, 9.17) is 0 Å². The van der Waals surface area contributed by atoms with Crippen molar-refractivity contribution in [1.29, 1.82) is 0 Å². The molecule has 0 heterocycles. The number of nitrogens with one attached hydrogen (secondary N) is 1. The Balaban J connectivity index is 3.09. The average molecular weight is 163 g/mol. The Morgan fingerprint density at radius 3 is 2.58 bits per heavy atom. The number of carbonyl (C=O) groups is 1. The molecular formula is C9H9NO2. The van der Waals surface area contributed by atoms with Crippen molar-refractivity contribution in [2.45, 2.75) is 6.92 Å². The highest BCUT2D eigenvalue weighted by Crippen LogP contribution is 1.95. The van der Waals surface area contributed by atoms with Crippen LogP contribution in [-0.2, 0) is 4.79 Å². The van der Waals surface area contributed by atoms with Crippen LogP contribution in [-0.4, -0.2) is 5.91 Å². The molecule has 12 heavy (non-hydrogen) atoms. The summed E-state index contributed by atoms with van der Waals surface area (Å²) in [5.74, 6) is -0.238. The van der Waals surface area contributed by atoms with E-state index in [0.29, 0.717) is 5.69 Å². The van der Waals surface area contributed by atoms with Gasteiger partial charge in [0.2, 0.25) is 11.3 Å². The molecule has 3 nitrogen and oxygen atoms in total. The summed E-state index contributed by atoms with van der Waals surface area (Å²) in [4.78, 5) is 21.8. The summed E-state index contributed by atoms with van der Waals surface area (Å²) >= 11 is 0. The van der Waals surface area contributed by atoms with E-state index >= 15 is 0 Å². The van der Waals surface area contributed by atoms with Crippen LogP contribution in [0.4, 0.5) is 5.69 Å². The summed E-state index contributed by atoms with van der Waals surface area (Å²) in [5, 5.41) is 2.44. The van der Waals surface area contributed by atoms with Crippen LogP contribution in [0.3, 0.4) is 0 Å². The van der Waals surface area contributed by atoms with Gasteiger partial charge in [-0.3, -0.25) is 9.59 Å². The van der Waals surface area contributed by atoms with Crippen molar-refractivity contribution in [2.75, 3.05) is 5.32 Å². The molecule has 0 aliphatic carbocycles. The van der Waals surface area contributed by atoms with Gasteiger partial charge in [0, 0.05) is 6.92 Å². The Morgan fingerprint density at radius 2 is 1.92 bits per heavy atom. The summed E-state index contributed by atoms with van der Waals surface area (Å²) in [6.07, 6.45) is 0. The zero-order valence-electron chi connectivity index (χ0n) is 6.70. The van der Waals surface area contributed by atoms with Crippen molar-refractivity contribution in [2.24, 2.45) is 0 Å². The number of carbonyl (C=O) groups excluding carboxylic acids is 1. The van der Waals surface area contributed by atoms with Crippen molar-refractivity contribution >= 4 is 11.6 Å². The maximum Gasteiger partial charge on any atom is 0.221 e. The molecule has 0 radical (unpaired) electrons. The average Bonchev–Trinajstić information content (AvgIpc) is 2.16. The van der Waals surface area contributed by atoms with E-state index in [9.17, 15) is 9.59 Å². The van der Waals surface area contributed by atoms with E-state index < -0.39 is 0 Å². The molecule has 0 atom stereocenters. The van der Waals surface area contributed by atoms with Gasteiger partial charge in [0.25, 0.3) is 0 Å². The number of rotatable bonds is 1. The standard InChI is InChI=1S/C9H9NO2/c1-7(11)10-8-5-3-2-4-6-9(8)12/h2-6H,1H3,(H,10,11,12). The van der Waals surface area contributed by atoms with Crippen LogP contribution < -0.4 is 10.7 Å². The van der Waals surface area contributed by atoms with Gasteiger partial charge in [0.1, 0.15) is 0 Å². The molecule has 0 aliphatic heterocycles. The van der Waals surface area contributed by atoms with Crippen LogP contribution in [0.15, 0.2) is 35.1 Å². The second-order valence-corrected chi connectivity index (χ2v) is 2.37. The predicted molar refractivity (Wildman–Crippen MR) is 47.0 cm³/mol. The van der Waals surface area contributed by atoms with Crippen LogP contribution in [0.5, 0.6) is 0 Å². The summed E-state index contributed by atoms with van der Waals surface area (Å²) in [7, 11) is 0. The van der Waals surface area contributed by atoms with E-state index in [-0.39, 0.29) is 11.3 Å². The molecule has 0 aliphatic rings. The molecule has 0 fully saturated rings. The van der Waals surface area contributed by atoms with Gasteiger partial charge in [-0.2, -0.15) is 0 Å². The Bertz CT molecular complexity index is 346. The maximum absolute atomic E-state index is 11.1. The number of anilines is 1. The Hall–Kier alpha value is -1.64.